The molecule has 0 aliphatic rings. The first kappa shape index (κ1) is 14.0. The number of rotatable bonds is 4. The van der Waals surface area contributed by atoms with Crippen LogP contribution in [0.5, 0.6) is 0 Å². The van der Waals surface area contributed by atoms with Crippen LogP contribution in [0, 0.1) is 5.92 Å². The predicted molar refractivity (Wildman–Crippen MR) is 72.9 cm³/mol. The van der Waals surface area contributed by atoms with Gasteiger partial charge in [-0.3, -0.25) is 4.31 Å². The molecule has 0 aliphatic carbocycles. The number of hydrogen-bond acceptors (Lipinski definition) is 2. The maximum atomic E-state index is 11.5. The number of anilines is 1. The van der Waals surface area contributed by atoms with Crippen molar-refractivity contribution >= 4 is 15.7 Å². The lowest BCUT2D eigenvalue weighted by molar-refractivity contribution is 0.535. The molecule has 0 aromatic heterocycles. The maximum Gasteiger partial charge on any atom is 0.231 e. The van der Waals surface area contributed by atoms with Crippen molar-refractivity contribution in [3.63, 3.8) is 0 Å². The number of sulfonamides is 1. The molecule has 0 spiro atoms. The van der Waals surface area contributed by atoms with Crippen LogP contribution in [0.25, 0.3) is 0 Å². The van der Waals surface area contributed by atoms with E-state index in [9.17, 15) is 8.42 Å². The molecular weight excluding hydrogens is 234 g/mol. The van der Waals surface area contributed by atoms with Crippen molar-refractivity contribution in [2.75, 3.05) is 17.6 Å². The van der Waals surface area contributed by atoms with Gasteiger partial charge in [-0.2, -0.15) is 0 Å². The molecule has 1 unspecified atom stereocenters. The Kier molecular flexibility index (Phi) is 4.20. The summed E-state index contributed by atoms with van der Waals surface area (Å²) in [6, 6.07) is 7.72. The lowest BCUT2D eigenvalue weighted by Crippen LogP contribution is -2.24. The second-order valence-electron chi connectivity index (χ2n) is 4.86. The Labute approximate surface area is 105 Å². The van der Waals surface area contributed by atoms with E-state index in [-0.39, 0.29) is 0 Å². The molecule has 0 amide bonds. The lowest BCUT2D eigenvalue weighted by Gasteiger charge is -2.20. The molecule has 0 saturated carbocycles. The van der Waals surface area contributed by atoms with Crippen LogP contribution in [0.15, 0.2) is 24.3 Å². The summed E-state index contributed by atoms with van der Waals surface area (Å²) in [6.45, 7) is 6.49. The van der Waals surface area contributed by atoms with Gasteiger partial charge in [0.15, 0.2) is 0 Å². The van der Waals surface area contributed by atoms with Gasteiger partial charge in [0, 0.05) is 7.05 Å². The fourth-order valence-electron chi connectivity index (χ4n) is 1.58. The van der Waals surface area contributed by atoms with Gasteiger partial charge in [0.1, 0.15) is 0 Å². The third-order valence-corrected chi connectivity index (χ3v) is 4.46. The van der Waals surface area contributed by atoms with Gasteiger partial charge in [0.25, 0.3) is 0 Å². The van der Waals surface area contributed by atoms with Crippen molar-refractivity contribution in [2.45, 2.75) is 26.7 Å². The number of nitrogens with zero attached hydrogens (tertiary/aromatic N) is 1. The highest BCUT2D eigenvalue weighted by atomic mass is 32.2. The fourth-order valence-corrected chi connectivity index (χ4v) is 2.08. The molecule has 0 fully saturated rings. The number of benzene rings is 1. The molecule has 0 bridgehead atoms. The Morgan fingerprint density at radius 1 is 1.18 bits per heavy atom. The summed E-state index contributed by atoms with van der Waals surface area (Å²) in [4.78, 5) is 0. The highest BCUT2D eigenvalue weighted by molar-refractivity contribution is 7.92. The molecule has 1 aromatic rings. The molecule has 1 aromatic carbocycles. The van der Waals surface area contributed by atoms with E-state index in [0.717, 1.165) is 5.69 Å². The molecule has 4 heteroatoms. The van der Waals surface area contributed by atoms with Crippen LogP contribution in [-0.4, -0.2) is 21.7 Å². The van der Waals surface area contributed by atoms with Crippen LogP contribution < -0.4 is 4.31 Å². The summed E-state index contributed by atoms with van der Waals surface area (Å²) in [6.07, 6.45) is 1.21. The second-order valence-corrected chi connectivity index (χ2v) is 6.87. The molecule has 0 aliphatic heterocycles. The van der Waals surface area contributed by atoms with Gasteiger partial charge in [-0.1, -0.05) is 32.9 Å². The molecule has 0 heterocycles. The topological polar surface area (TPSA) is 37.4 Å². The summed E-state index contributed by atoms with van der Waals surface area (Å²) in [5.41, 5.74) is 1.89. The zero-order valence-corrected chi connectivity index (χ0v) is 12.0. The van der Waals surface area contributed by atoms with Crippen molar-refractivity contribution in [2.24, 2.45) is 5.92 Å². The van der Waals surface area contributed by atoms with Crippen LogP contribution in [0.4, 0.5) is 5.69 Å². The standard InChI is InChI=1S/C13H21NO2S/c1-10(2)11(3)12-7-6-8-13(9-12)14(4)17(5,15)16/h6-11H,1-5H3. The average Bonchev–Trinajstić information content (AvgIpc) is 2.25. The minimum atomic E-state index is -3.19. The van der Waals surface area contributed by atoms with Gasteiger partial charge in [-0.25, -0.2) is 8.42 Å². The van der Waals surface area contributed by atoms with E-state index in [0.29, 0.717) is 11.8 Å². The highest BCUT2D eigenvalue weighted by Gasteiger charge is 2.15. The van der Waals surface area contributed by atoms with Crippen LogP contribution in [-0.2, 0) is 10.0 Å². The van der Waals surface area contributed by atoms with E-state index in [2.05, 4.69) is 20.8 Å². The van der Waals surface area contributed by atoms with Crippen LogP contribution in [0.3, 0.4) is 0 Å². The van der Waals surface area contributed by atoms with Crippen LogP contribution in [0.2, 0.25) is 0 Å². The third kappa shape index (κ3) is 3.46. The van der Waals surface area contributed by atoms with E-state index in [1.54, 1.807) is 7.05 Å². The van der Waals surface area contributed by atoms with Crippen molar-refractivity contribution < 1.29 is 8.42 Å². The van der Waals surface area contributed by atoms with E-state index in [4.69, 9.17) is 0 Å². The van der Waals surface area contributed by atoms with E-state index < -0.39 is 10.0 Å². The zero-order chi connectivity index (χ0) is 13.2. The Balaban J connectivity index is 3.10. The molecule has 0 radical (unpaired) electrons. The summed E-state index contributed by atoms with van der Waals surface area (Å²) in [5.74, 6) is 0.955. The highest BCUT2D eigenvalue weighted by Crippen LogP contribution is 2.27. The fraction of sp³-hybridized carbons (Fsp3) is 0.538. The molecule has 0 N–H and O–H groups in total. The first-order valence-electron chi connectivity index (χ1n) is 5.77. The summed E-state index contributed by atoms with van der Waals surface area (Å²) in [7, 11) is -1.61. The van der Waals surface area contributed by atoms with Gasteiger partial charge in [0.2, 0.25) is 10.0 Å². The third-order valence-electron chi connectivity index (χ3n) is 3.26. The molecule has 1 atom stereocenters. The minimum absolute atomic E-state index is 0.419. The minimum Gasteiger partial charge on any atom is -0.274 e. The van der Waals surface area contributed by atoms with E-state index in [1.165, 1.54) is 16.1 Å². The zero-order valence-electron chi connectivity index (χ0n) is 11.1. The molecule has 96 valence electrons. The van der Waals surface area contributed by atoms with E-state index >= 15 is 0 Å². The van der Waals surface area contributed by atoms with Gasteiger partial charge >= 0.3 is 0 Å². The Hall–Kier alpha value is -1.03. The van der Waals surface area contributed by atoms with Crippen LogP contribution in [0.1, 0.15) is 32.3 Å². The summed E-state index contributed by atoms with van der Waals surface area (Å²) >= 11 is 0. The Bertz CT molecular complexity index is 480. The van der Waals surface area contributed by atoms with Crippen molar-refractivity contribution in [3.8, 4) is 0 Å². The van der Waals surface area contributed by atoms with Crippen molar-refractivity contribution in [3.05, 3.63) is 29.8 Å². The average molecular weight is 255 g/mol. The molecular formula is C13H21NO2S. The van der Waals surface area contributed by atoms with Crippen molar-refractivity contribution in [1.82, 2.24) is 0 Å². The van der Waals surface area contributed by atoms with Crippen molar-refractivity contribution in [1.29, 1.82) is 0 Å². The molecule has 1 rings (SSSR count). The Morgan fingerprint density at radius 2 is 1.76 bits per heavy atom. The van der Waals surface area contributed by atoms with E-state index in [1.807, 2.05) is 24.3 Å². The Morgan fingerprint density at radius 3 is 2.24 bits per heavy atom. The largest absolute Gasteiger partial charge is 0.274 e. The van der Waals surface area contributed by atoms with Crippen LogP contribution >= 0.6 is 0 Å². The lowest BCUT2D eigenvalue weighted by atomic mass is 9.90. The first-order chi connectivity index (χ1) is 7.73. The summed E-state index contributed by atoms with van der Waals surface area (Å²) < 4.78 is 24.3. The van der Waals surface area contributed by atoms with Gasteiger partial charge < -0.3 is 0 Å². The molecule has 0 saturated heterocycles. The molecule has 3 nitrogen and oxygen atoms in total. The monoisotopic (exact) mass is 255 g/mol. The normalized spacial score (nSPS) is 13.8. The predicted octanol–water partition coefficient (Wildman–Crippen LogP) is 2.84. The smallest absolute Gasteiger partial charge is 0.231 e. The maximum absolute atomic E-state index is 11.5. The second kappa shape index (κ2) is 5.08. The van der Waals surface area contributed by atoms with Gasteiger partial charge in [-0.05, 0) is 29.5 Å². The SMILES string of the molecule is CC(C)C(C)c1cccc(N(C)S(C)(=O)=O)c1. The first-order valence-corrected chi connectivity index (χ1v) is 7.62. The van der Waals surface area contributed by atoms with Gasteiger partial charge in [-0.15, -0.1) is 0 Å². The quantitative estimate of drug-likeness (QED) is 0.829. The number of hydrogen-bond donors (Lipinski definition) is 0. The molecule has 17 heavy (non-hydrogen) atoms. The summed E-state index contributed by atoms with van der Waals surface area (Å²) in [5, 5.41) is 0. The van der Waals surface area contributed by atoms with Gasteiger partial charge in [0.05, 0.1) is 11.9 Å².